The fraction of sp³-hybridized carbons (Fsp3) is 0.316. The molecule has 1 fully saturated rings. The van der Waals surface area contributed by atoms with Gasteiger partial charge in [-0.2, -0.15) is 0 Å². The maximum absolute atomic E-state index is 12.5. The number of piperazine rings is 1. The molecule has 0 spiro atoms. The van der Waals surface area contributed by atoms with E-state index in [1.54, 1.807) is 0 Å². The lowest BCUT2D eigenvalue weighted by atomic mass is 10.1. The first-order valence-electron chi connectivity index (χ1n) is 7.96. The van der Waals surface area contributed by atoms with Crippen molar-refractivity contribution < 1.29 is 4.79 Å². The standard InChI is InChI=1S/C19H21ClN2O/c1-15-5-4-7-17(13-15)21-9-11-22(12-10-21)19(23)14-16-6-2-3-8-18(16)20/h2-8,13H,9-12,14H2,1H3. The second kappa shape index (κ2) is 7.05. The minimum absolute atomic E-state index is 0.155. The Balaban J connectivity index is 1.58. The van der Waals surface area contributed by atoms with Gasteiger partial charge < -0.3 is 9.80 Å². The molecular weight excluding hydrogens is 308 g/mol. The number of aryl methyl sites for hydroxylation is 1. The number of carbonyl (C=O) groups is 1. The zero-order chi connectivity index (χ0) is 16.2. The third-order valence-corrected chi connectivity index (χ3v) is 4.67. The van der Waals surface area contributed by atoms with Gasteiger partial charge in [-0.05, 0) is 36.2 Å². The Morgan fingerprint density at radius 2 is 1.78 bits per heavy atom. The van der Waals surface area contributed by atoms with Crippen LogP contribution in [-0.2, 0) is 11.2 Å². The molecular formula is C19H21ClN2O. The van der Waals surface area contributed by atoms with Crippen molar-refractivity contribution in [2.75, 3.05) is 31.1 Å². The van der Waals surface area contributed by atoms with Crippen LogP contribution >= 0.6 is 11.6 Å². The third-order valence-electron chi connectivity index (χ3n) is 4.30. The summed E-state index contributed by atoms with van der Waals surface area (Å²) in [6.45, 7) is 5.37. The molecule has 2 aromatic rings. The van der Waals surface area contributed by atoms with E-state index >= 15 is 0 Å². The molecule has 23 heavy (non-hydrogen) atoms. The molecule has 0 atom stereocenters. The second-order valence-electron chi connectivity index (χ2n) is 5.98. The Kier molecular flexibility index (Phi) is 4.87. The van der Waals surface area contributed by atoms with Crippen LogP contribution in [0.3, 0.4) is 0 Å². The summed E-state index contributed by atoms with van der Waals surface area (Å²) in [7, 11) is 0. The van der Waals surface area contributed by atoms with Crippen LogP contribution in [0.2, 0.25) is 5.02 Å². The number of nitrogens with zero attached hydrogens (tertiary/aromatic N) is 2. The van der Waals surface area contributed by atoms with E-state index in [4.69, 9.17) is 11.6 Å². The zero-order valence-corrected chi connectivity index (χ0v) is 14.1. The van der Waals surface area contributed by atoms with Crippen molar-refractivity contribution in [3.63, 3.8) is 0 Å². The summed E-state index contributed by atoms with van der Waals surface area (Å²) < 4.78 is 0. The summed E-state index contributed by atoms with van der Waals surface area (Å²) in [6, 6.07) is 16.1. The fourth-order valence-corrected chi connectivity index (χ4v) is 3.16. The molecule has 0 unspecified atom stereocenters. The van der Waals surface area contributed by atoms with Crippen LogP contribution in [0.15, 0.2) is 48.5 Å². The molecule has 0 aliphatic carbocycles. The van der Waals surface area contributed by atoms with E-state index < -0.39 is 0 Å². The normalized spacial score (nSPS) is 14.9. The number of hydrogen-bond donors (Lipinski definition) is 0. The molecule has 1 aliphatic heterocycles. The average Bonchev–Trinajstić information content (AvgIpc) is 2.57. The summed E-state index contributed by atoms with van der Waals surface area (Å²) in [5, 5.41) is 0.666. The Hall–Kier alpha value is -2.00. The molecule has 0 radical (unpaired) electrons. The molecule has 3 nitrogen and oxygen atoms in total. The van der Waals surface area contributed by atoms with Crippen LogP contribution in [0, 0.1) is 6.92 Å². The van der Waals surface area contributed by atoms with Gasteiger partial charge in [0.25, 0.3) is 0 Å². The van der Waals surface area contributed by atoms with Gasteiger partial charge in [0.05, 0.1) is 6.42 Å². The van der Waals surface area contributed by atoms with E-state index in [1.165, 1.54) is 11.3 Å². The van der Waals surface area contributed by atoms with Gasteiger partial charge in [0.1, 0.15) is 0 Å². The van der Waals surface area contributed by atoms with Crippen LogP contribution in [0.5, 0.6) is 0 Å². The summed E-state index contributed by atoms with van der Waals surface area (Å²) in [5.41, 5.74) is 3.41. The van der Waals surface area contributed by atoms with Gasteiger partial charge in [0, 0.05) is 36.9 Å². The lowest BCUT2D eigenvalue weighted by Gasteiger charge is -2.36. The number of carbonyl (C=O) groups excluding carboxylic acids is 1. The minimum Gasteiger partial charge on any atom is -0.368 e. The number of benzene rings is 2. The SMILES string of the molecule is Cc1cccc(N2CCN(C(=O)Cc3ccccc3Cl)CC2)c1. The van der Waals surface area contributed by atoms with Gasteiger partial charge in [-0.25, -0.2) is 0 Å². The lowest BCUT2D eigenvalue weighted by molar-refractivity contribution is -0.130. The molecule has 0 N–H and O–H groups in total. The highest BCUT2D eigenvalue weighted by Crippen LogP contribution is 2.19. The van der Waals surface area contributed by atoms with Gasteiger partial charge >= 0.3 is 0 Å². The van der Waals surface area contributed by atoms with Gasteiger partial charge in [-0.1, -0.05) is 41.9 Å². The van der Waals surface area contributed by atoms with E-state index in [0.717, 1.165) is 31.7 Å². The number of amides is 1. The van der Waals surface area contributed by atoms with Crippen LogP contribution in [0.25, 0.3) is 0 Å². The van der Waals surface area contributed by atoms with Crippen molar-refractivity contribution in [3.05, 3.63) is 64.7 Å². The average molecular weight is 329 g/mol. The predicted octanol–water partition coefficient (Wildman–Crippen LogP) is 3.54. The number of rotatable bonds is 3. The Bertz CT molecular complexity index is 693. The molecule has 4 heteroatoms. The van der Waals surface area contributed by atoms with Gasteiger partial charge in [0.15, 0.2) is 0 Å². The van der Waals surface area contributed by atoms with Crippen molar-refractivity contribution in [2.45, 2.75) is 13.3 Å². The molecule has 1 saturated heterocycles. The molecule has 1 amide bonds. The lowest BCUT2D eigenvalue weighted by Crippen LogP contribution is -2.49. The van der Waals surface area contributed by atoms with Gasteiger partial charge in [-0.15, -0.1) is 0 Å². The highest BCUT2D eigenvalue weighted by atomic mass is 35.5. The first-order valence-corrected chi connectivity index (χ1v) is 8.34. The van der Waals surface area contributed by atoms with Crippen molar-refractivity contribution in [3.8, 4) is 0 Å². The molecule has 0 aromatic heterocycles. The largest absolute Gasteiger partial charge is 0.368 e. The van der Waals surface area contributed by atoms with Crippen LogP contribution in [0.4, 0.5) is 5.69 Å². The number of anilines is 1. The molecule has 3 rings (SSSR count). The van der Waals surface area contributed by atoms with E-state index in [9.17, 15) is 4.79 Å². The summed E-state index contributed by atoms with van der Waals surface area (Å²) in [5.74, 6) is 0.155. The van der Waals surface area contributed by atoms with E-state index in [0.29, 0.717) is 11.4 Å². The second-order valence-corrected chi connectivity index (χ2v) is 6.38. The van der Waals surface area contributed by atoms with E-state index in [2.05, 4.69) is 36.1 Å². The summed E-state index contributed by atoms with van der Waals surface area (Å²) in [4.78, 5) is 16.7. The van der Waals surface area contributed by atoms with Crippen molar-refractivity contribution in [1.29, 1.82) is 0 Å². The van der Waals surface area contributed by atoms with Crippen molar-refractivity contribution in [2.24, 2.45) is 0 Å². The number of hydrogen-bond acceptors (Lipinski definition) is 2. The van der Waals surface area contributed by atoms with Crippen molar-refractivity contribution >= 4 is 23.2 Å². The molecule has 1 heterocycles. The topological polar surface area (TPSA) is 23.6 Å². The molecule has 1 aliphatic rings. The van der Waals surface area contributed by atoms with E-state index in [1.807, 2.05) is 29.2 Å². The van der Waals surface area contributed by atoms with Crippen LogP contribution in [0.1, 0.15) is 11.1 Å². The molecule has 0 bridgehead atoms. The maximum atomic E-state index is 12.5. The highest BCUT2D eigenvalue weighted by Gasteiger charge is 2.21. The van der Waals surface area contributed by atoms with Gasteiger partial charge in [-0.3, -0.25) is 4.79 Å². The van der Waals surface area contributed by atoms with E-state index in [-0.39, 0.29) is 5.91 Å². The highest BCUT2D eigenvalue weighted by molar-refractivity contribution is 6.31. The smallest absolute Gasteiger partial charge is 0.227 e. The fourth-order valence-electron chi connectivity index (χ4n) is 2.96. The Morgan fingerprint density at radius 3 is 2.48 bits per heavy atom. The number of halogens is 1. The summed E-state index contributed by atoms with van der Waals surface area (Å²) >= 11 is 6.15. The molecule has 2 aromatic carbocycles. The van der Waals surface area contributed by atoms with Crippen LogP contribution in [-0.4, -0.2) is 37.0 Å². The zero-order valence-electron chi connectivity index (χ0n) is 13.3. The maximum Gasteiger partial charge on any atom is 0.227 e. The Morgan fingerprint density at radius 1 is 1.04 bits per heavy atom. The first-order chi connectivity index (χ1) is 11.1. The van der Waals surface area contributed by atoms with Crippen molar-refractivity contribution in [1.82, 2.24) is 4.90 Å². The molecule has 120 valence electrons. The quantitative estimate of drug-likeness (QED) is 0.860. The Labute approximate surface area is 142 Å². The third kappa shape index (κ3) is 3.85. The molecule has 0 saturated carbocycles. The predicted molar refractivity (Wildman–Crippen MR) is 95.1 cm³/mol. The first kappa shape index (κ1) is 15.9. The monoisotopic (exact) mass is 328 g/mol. The van der Waals surface area contributed by atoms with Crippen LogP contribution < -0.4 is 4.90 Å². The summed E-state index contributed by atoms with van der Waals surface area (Å²) in [6.07, 6.45) is 0.379. The van der Waals surface area contributed by atoms with Gasteiger partial charge in [0.2, 0.25) is 5.91 Å². The minimum atomic E-state index is 0.155.